The van der Waals surface area contributed by atoms with Gasteiger partial charge in [-0.25, -0.2) is 4.39 Å². The Kier molecular flexibility index (Phi) is 16.6. The zero-order valence-electron chi connectivity index (χ0n) is 39.1. The van der Waals surface area contributed by atoms with E-state index in [1.807, 2.05) is 72.5 Å². The standard InChI is InChI=1S/C56H68FN3O7/c1-3-32-65-56-52(60(36-41-22-25-44(57)26-23-41)53(63)29-24-40-15-7-8-16-40)35-50(59-66-37-42-17-5-4-6-18-42)48-33-43(19-9-11-30-61)47(21-10-12-31-62)54(55(48)56)49-34-46(27-28-51(49)67-56)64-38-45-20-13-14-39(2)58-45/h3-6,13-14,17-18,20,22-23,25-28,33-34,40,43,47,52,54-55,61-62H,1,7-12,15-16,19,21,24,29-32,35-38H2,2H3/t43-,47+,52-,54+,55+,56+/m0/s1. The molecule has 0 radical (unpaired) electrons. The van der Waals surface area contributed by atoms with Crippen LogP contribution in [0.3, 0.4) is 0 Å². The van der Waals surface area contributed by atoms with E-state index in [4.69, 9.17) is 24.2 Å². The predicted octanol–water partition coefficient (Wildman–Crippen LogP) is 10.9. The Morgan fingerprint density at radius 3 is 2.45 bits per heavy atom. The van der Waals surface area contributed by atoms with Crippen molar-refractivity contribution in [2.45, 2.75) is 128 Å². The normalized spacial score (nSPS) is 23.7. The summed E-state index contributed by atoms with van der Waals surface area (Å²) in [5.41, 5.74) is 6.18. The number of ether oxygens (including phenoxy) is 3. The van der Waals surface area contributed by atoms with E-state index in [-0.39, 0.29) is 75.5 Å². The van der Waals surface area contributed by atoms with E-state index in [1.54, 1.807) is 18.2 Å². The molecule has 356 valence electrons. The third-order valence-corrected chi connectivity index (χ3v) is 14.4. The zero-order chi connectivity index (χ0) is 46.6. The number of carbonyl (C=O) groups excluding carboxylic acids is 1. The van der Waals surface area contributed by atoms with Crippen LogP contribution in [0.25, 0.3) is 0 Å². The highest BCUT2D eigenvalue weighted by Gasteiger charge is 2.65. The first-order valence-corrected chi connectivity index (χ1v) is 24.6. The van der Waals surface area contributed by atoms with Crippen molar-refractivity contribution in [3.05, 3.63) is 149 Å². The zero-order valence-corrected chi connectivity index (χ0v) is 39.1. The number of pyridine rings is 1. The second-order valence-electron chi connectivity index (χ2n) is 18.9. The average Bonchev–Trinajstić information content (AvgIpc) is 3.87. The fraction of sp³-hybridized carbons (Fsp3) is 0.482. The van der Waals surface area contributed by atoms with Crippen molar-refractivity contribution in [3.63, 3.8) is 0 Å². The minimum absolute atomic E-state index is 0.0172. The van der Waals surface area contributed by atoms with Crippen molar-refractivity contribution in [1.29, 1.82) is 0 Å². The molecule has 11 heteroatoms. The van der Waals surface area contributed by atoms with E-state index >= 15 is 4.79 Å². The lowest BCUT2D eigenvalue weighted by molar-refractivity contribution is -0.258. The number of aromatic nitrogens is 1. The number of halogens is 1. The van der Waals surface area contributed by atoms with E-state index in [1.165, 1.54) is 25.0 Å². The number of rotatable bonds is 23. The number of aliphatic hydroxyl groups is 2. The number of benzene rings is 3. The lowest BCUT2D eigenvalue weighted by Gasteiger charge is -2.60. The van der Waals surface area contributed by atoms with Gasteiger partial charge in [0.1, 0.15) is 36.6 Å². The van der Waals surface area contributed by atoms with Gasteiger partial charge in [0.15, 0.2) is 0 Å². The number of unbranched alkanes of at least 4 members (excludes halogenated alkanes) is 2. The summed E-state index contributed by atoms with van der Waals surface area (Å²) in [6, 6.07) is 27.6. The number of nitrogens with zero attached hydrogens (tertiary/aromatic N) is 3. The maximum Gasteiger partial charge on any atom is 0.239 e. The van der Waals surface area contributed by atoms with Crippen molar-refractivity contribution >= 4 is 11.6 Å². The van der Waals surface area contributed by atoms with Gasteiger partial charge in [0, 0.05) is 49.8 Å². The van der Waals surface area contributed by atoms with Gasteiger partial charge in [-0.15, -0.1) is 6.58 Å². The number of aliphatic hydroxyl groups excluding tert-OH is 2. The number of carbonyl (C=O) groups is 1. The van der Waals surface area contributed by atoms with Crippen LogP contribution < -0.4 is 9.47 Å². The maximum absolute atomic E-state index is 15.2. The van der Waals surface area contributed by atoms with Crippen LogP contribution in [0, 0.1) is 36.4 Å². The molecule has 3 aliphatic carbocycles. The molecule has 2 N–H and O–H groups in total. The molecule has 2 fully saturated rings. The molecule has 10 nitrogen and oxygen atoms in total. The molecule has 1 aromatic heterocycles. The Balaban J connectivity index is 1.30. The average molecular weight is 914 g/mol. The van der Waals surface area contributed by atoms with Gasteiger partial charge in [0.25, 0.3) is 0 Å². The van der Waals surface area contributed by atoms with Gasteiger partial charge in [-0.05, 0) is 116 Å². The molecule has 8 rings (SSSR count). The van der Waals surface area contributed by atoms with Crippen LogP contribution in [0.4, 0.5) is 4.39 Å². The molecule has 3 aromatic carbocycles. The number of fused-ring (bicyclic) bond motifs is 2. The third-order valence-electron chi connectivity index (χ3n) is 14.4. The van der Waals surface area contributed by atoms with Crippen molar-refractivity contribution in [1.82, 2.24) is 9.88 Å². The van der Waals surface area contributed by atoms with Crippen LogP contribution >= 0.6 is 0 Å². The van der Waals surface area contributed by atoms with Crippen molar-refractivity contribution in [2.75, 3.05) is 19.8 Å². The first-order chi connectivity index (χ1) is 32.8. The molecular weight excluding hydrogens is 846 g/mol. The SMILES string of the molecule is C=CCO[C@@]12Oc3ccc(OCc4cccc(C)n4)cc3[C@H]3[C@H](CCCCO)[C@@H](CCCCO)C=C(C(=NOCc4ccccc4)C[C@@H]1N(Cc1ccc(F)cc1)C(=O)CCC1CCCC1)[C@H]32. The predicted molar refractivity (Wildman–Crippen MR) is 258 cm³/mol. The van der Waals surface area contributed by atoms with Crippen LogP contribution in [0.15, 0.2) is 120 Å². The number of hydrogen-bond acceptors (Lipinski definition) is 9. The summed E-state index contributed by atoms with van der Waals surface area (Å²) < 4.78 is 35.7. The topological polar surface area (TPSA) is 123 Å². The highest BCUT2D eigenvalue weighted by Crippen LogP contribution is 2.62. The minimum atomic E-state index is -1.42. The van der Waals surface area contributed by atoms with Crippen molar-refractivity contribution < 1.29 is 38.4 Å². The van der Waals surface area contributed by atoms with Gasteiger partial charge in [-0.3, -0.25) is 9.78 Å². The number of allylic oxidation sites excluding steroid dienone is 1. The lowest BCUT2D eigenvalue weighted by atomic mass is 9.55. The van der Waals surface area contributed by atoms with Crippen LogP contribution in [-0.4, -0.2) is 63.4 Å². The smallest absolute Gasteiger partial charge is 0.239 e. The summed E-state index contributed by atoms with van der Waals surface area (Å²) in [5, 5.41) is 25.1. The second kappa shape index (κ2) is 23.1. The quantitative estimate of drug-likeness (QED) is 0.0428. The lowest BCUT2D eigenvalue weighted by Crippen LogP contribution is -2.70. The van der Waals surface area contributed by atoms with E-state index in [2.05, 4.69) is 23.7 Å². The molecule has 67 heavy (non-hydrogen) atoms. The van der Waals surface area contributed by atoms with Gasteiger partial charge in [-0.1, -0.05) is 104 Å². The molecule has 2 heterocycles. The molecule has 0 bridgehead atoms. The highest BCUT2D eigenvalue weighted by molar-refractivity contribution is 6.03. The van der Waals surface area contributed by atoms with E-state index in [0.29, 0.717) is 36.7 Å². The van der Waals surface area contributed by atoms with E-state index < -0.39 is 17.7 Å². The largest absolute Gasteiger partial charge is 0.487 e. The van der Waals surface area contributed by atoms with Gasteiger partial charge in [-0.2, -0.15) is 0 Å². The van der Waals surface area contributed by atoms with Crippen LogP contribution in [-0.2, 0) is 34.1 Å². The molecule has 2 saturated carbocycles. The number of oxime groups is 1. The fourth-order valence-electron chi connectivity index (χ4n) is 11.3. The monoisotopic (exact) mass is 914 g/mol. The third kappa shape index (κ3) is 11.5. The van der Waals surface area contributed by atoms with Gasteiger partial charge >= 0.3 is 0 Å². The minimum Gasteiger partial charge on any atom is -0.487 e. The summed E-state index contributed by atoms with van der Waals surface area (Å²) in [4.78, 5) is 28.1. The van der Waals surface area contributed by atoms with Crippen LogP contribution in [0.5, 0.6) is 11.5 Å². The fourth-order valence-corrected chi connectivity index (χ4v) is 11.3. The Morgan fingerprint density at radius 2 is 1.70 bits per heavy atom. The molecule has 4 aliphatic rings. The molecule has 0 unspecified atom stereocenters. The van der Waals surface area contributed by atoms with E-state index in [0.717, 1.165) is 84.3 Å². The first kappa shape index (κ1) is 48.1. The van der Waals surface area contributed by atoms with Gasteiger partial charge in [0.05, 0.1) is 23.9 Å². The molecule has 4 aromatic rings. The molecule has 0 spiro atoms. The van der Waals surface area contributed by atoms with Crippen molar-refractivity contribution in [3.8, 4) is 11.5 Å². The maximum atomic E-state index is 15.2. The molecule has 1 aliphatic heterocycles. The number of aryl methyl sites for hydroxylation is 1. The highest BCUT2D eigenvalue weighted by atomic mass is 19.1. The number of hydrogen-bond donors (Lipinski definition) is 2. The first-order valence-electron chi connectivity index (χ1n) is 24.6. The number of amides is 1. The second-order valence-corrected chi connectivity index (χ2v) is 18.9. The van der Waals surface area contributed by atoms with Crippen LogP contribution in [0.1, 0.15) is 117 Å². The Morgan fingerprint density at radius 1 is 0.925 bits per heavy atom. The van der Waals surface area contributed by atoms with Gasteiger partial charge < -0.3 is 34.2 Å². The van der Waals surface area contributed by atoms with Crippen LogP contribution in [0.2, 0.25) is 0 Å². The van der Waals surface area contributed by atoms with Gasteiger partial charge in [0.2, 0.25) is 11.7 Å². The summed E-state index contributed by atoms with van der Waals surface area (Å²) in [5.74, 6) is -0.515. The molecule has 6 atom stereocenters. The summed E-state index contributed by atoms with van der Waals surface area (Å²) >= 11 is 0. The Hall–Kier alpha value is -5.36. The molecule has 0 saturated heterocycles. The van der Waals surface area contributed by atoms with E-state index in [9.17, 15) is 14.6 Å². The molecule has 1 amide bonds. The Labute approximate surface area is 395 Å². The van der Waals surface area contributed by atoms with Crippen molar-refractivity contribution in [2.24, 2.45) is 28.8 Å². The molecular formula is C56H68FN3O7. The summed E-state index contributed by atoms with van der Waals surface area (Å²) in [7, 11) is 0. The summed E-state index contributed by atoms with van der Waals surface area (Å²) in [6.07, 6.45) is 14.7. The Bertz CT molecular complexity index is 2310. The summed E-state index contributed by atoms with van der Waals surface area (Å²) in [6.45, 7) is 7.17.